The number of nitrogens with zero attached hydrogens (tertiary/aromatic N) is 1. The van der Waals surface area contributed by atoms with Gasteiger partial charge in [0.05, 0.1) is 0 Å². The van der Waals surface area contributed by atoms with Gasteiger partial charge in [-0.05, 0) is 18.1 Å². The summed E-state index contributed by atoms with van der Waals surface area (Å²) in [6, 6.07) is 7.33. The summed E-state index contributed by atoms with van der Waals surface area (Å²) < 4.78 is 0. The lowest BCUT2D eigenvalue weighted by molar-refractivity contribution is -0.143. The molecular weight excluding hydrogens is 220 g/mol. The number of carbonyl (C=O) groups is 2. The average molecular weight is 236 g/mol. The van der Waals surface area contributed by atoms with Crippen LogP contribution < -0.4 is 5.73 Å². The molecule has 3 N–H and O–H groups in total. The summed E-state index contributed by atoms with van der Waals surface area (Å²) >= 11 is 0. The average Bonchev–Trinajstić information content (AvgIpc) is 2.26. The summed E-state index contributed by atoms with van der Waals surface area (Å²) in [6.07, 6.45) is 0.785. The Labute approximate surface area is 99.8 Å². The first-order chi connectivity index (χ1) is 8.00. The van der Waals surface area contributed by atoms with Gasteiger partial charge in [0.2, 0.25) is 5.91 Å². The molecule has 1 rings (SSSR count). The van der Waals surface area contributed by atoms with Crippen LogP contribution in [0.3, 0.4) is 0 Å². The maximum absolute atomic E-state index is 11.6. The fourth-order valence-electron chi connectivity index (χ4n) is 1.49. The van der Waals surface area contributed by atoms with Crippen LogP contribution in [0.5, 0.6) is 0 Å². The van der Waals surface area contributed by atoms with Crippen molar-refractivity contribution in [3.8, 4) is 0 Å². The molecule has 5 heteroatoms. The van der Waals surface area contributed by atoms with Gasteiger partial charge in [0.15, 0.2) is 0 Å². The van der Waals surface area contributed by atoms with Crippen LogP contribution in [0, 0.1) is 0 Å². The van der Waals surface area contributed by atoms with Crippen molar-refractivity contribution in [2.75, 3.05) is 19.3 Å². The predicted molar refractivity (Wildman–Crippen MR) is 64.4 cm³/mol. The minimum absolute atomic E-state index is 0.198. The number of nitrogen functional groups attached to an aromatic ring is 1. The van der Waals surface area contributed by atoms with Crippen LogP contribution in [0.1, 0.15) is 12.0 Å². The van der Waals surface area contributed by atoms with Crippen LogP contribution in [-0.4, -0.2) is 35.5 Å². The van der Waals surface area contributed by atoms with Crippen LogP contribution >= 0.6 is 0 Å². The molecule has 0 aliphatic carbocycles. The number of likely N-dealkylation sites (N-methyl/N-ethyl adjacent to an activating group) is 1. The lowest BCUT2D eigenvalue weighted by Gasteiger charge is -2.14. The summed E-state index contributed by atoms with van der Waals surface area (Å²) in [5, 5.41) is 8.55. The molecule has 0 atom stereocenters. The highest BCUT2D eigenvalue weighted by atomic mass is 16.4. The number of carboxylic acid groups (broad SMARTS) is 1. The molecule has 0 fully saturated rings. The third-order valence-corrected chi connectivity index (χ3v) is 2.46. The SMILES string of the molecule is CN(CC(=O)O)C(=O)CCc1ccccc1N. The number of aryl methyl sites for hydroxylation is 1. The number of nitrogens with two attached hydrogens (primary N) is 1. The molecule has 5 nitrogen and oxygen atoms in total. The van der Waals surface area contributed by atoms with E-state index in [1.807, 2.05) is 18.2 Å². The molecule has 0 radical (unpaired) electrons. The van der Waals surface area contributed by atoms with Gasteiger partial charge in [-0.25, -0.2) is 0 Å². The molecule has 0 bridgehead atoms. The Morgan fingerprint density at radius 3 is 2.59 bits per heavy atom. The Balaban J connectivity index is 2.48. The highest BCUT2D eigenvalue weighted by molar-refractivity contribution is 5.81. The molecule has 92 valence electrons. The van der Waals surface area contributed by atoms with Crippen LogP contribution in [0.25, 0.3) is 0 Å². The first kappa shape index (κ1) is 13.0. The van der Waals surface area contributed by atoms with Crippen molar-refractivity contribution in [2.24, 2.45) is 0 Å². The van der Waals surface area contributed by atoms with Crippen molar-refractivity contribution in [2.45, 2.75) is 12.8 Å². The molecule has 1 aromatic carbocycles. The van der Waals surface area contributed by atoms with Gasteiger partial charge in [0.1, 0.15) is 6.54 Å². The predicted octanol–water partition coefficient (Wildman–Crippen LogP) is 0.744. The largest absolute Gasteiger partial charge is 0.480 e. The normalized spacial score (nSPS) is 9.94. The lowest BCUT2D eigenvalue weighted by Crippen LogP contribution is -2.32. The zero-order chi connectivity index (χ0) is 12.8. The van der Waals surface area contributed by atoms with Crippen LogP contribution in [0.4, 0.5) is 5.69 Å². The van der Waals surface area contributed by atoms with Crippen molar-refractivity contribution in [3.05, 3.63) is 29.8 Å². The van der Waals surface area contributed by atoms with Gasteiger partial charge in [0.25, 0.3) is 0 Å². The van der Waals surface area contributed by atoms with Crippen molar-refractivity contribution < 1.29 is 14.7 Å². The van der Waals surface area contributed by atoms with Gasteiger partial charge < -0.3 is 15.7 Å². The van der Waals surface area contributed by atoms with E-state index in [-0.39, 0.29) is 18.9 Å². The number of rotatable bonds is 5. The molecule has 0 spiro atoms. The highest BCUT2D eigenvalue weighted by Crippen LogP contribution is 2.13. The van der Waals surface area contributed by atoms with E-state index in [4.69, 9.17) is 10.8 Å². The molecule has 1 aromatic rings. The van der Waals surface area contributed by atoms with Gasteiger partial charge in [-0.3, -0.25) is 9.59 Å². The molecule has 1 amide bonds. The number of amides is 1. The molecule has 0 aliphatic heterocycles. The van der Waals surface area contributed by atoms with Gasteiger partial charge in [-0.2, -0.15) is 0 Å². The Morgan fingerprint density at radius 2 is 2.00 bits per heavy atom. The monoisotopic (exact) mass is 236 g/mol. The van der Waals surface area contributed by atoms with E-state index in [9.17, 15) is 9.59 Å². The summed E-state index contributed by atoms with van der Waals surface area (Å²) in [7, 11) is 1.48. The maximum atomic E-state index is 11.6. The Morgan fingerprint density at radius 1 is 1.35 bits per heavy atom. The Kier molecular flexibility index (Phi) is 4.51. The van der Waals surface area contributed by atoms with Crippen LogP contribution in [0.2, 0.25) is 0 Å². The van der Waals surface area contributed by atoms with Crippen molar-refractivity contribution in [3.63, 3.8) is 0 Å². The summed E-state index contributed by atoms with van der Waals surface area (Å²) in [6.45, 7) is -0.275. The zero-order valence-electron chi connectivity index (χ0n) is 9.72. The number of para-hydroxylation sites is 1. The van der Waals surface area contributed by atoms with Crippen molar-refractivity contribution >= 4 is 17.6 Å². The summed E-state index contributed by atoms with van der Waals surface area (Å²) in [5.41, 5.74) is 7.31. The molecule has 0 unspecified atom stereocenters. The van der Waals surface area contributed by atoms with Gasteiger partial charge in [-0.1, -0.05) is 18.2 Å². The number of carbonyl (C=O) groups excluding carboxylic acids is 1. The van der Waals surface area contributed by atoms with E-state index >= 15 is 0 Å². The second-order valence-electron chi connectivity index (χ2n) is 3.84. The second kappa shape index (κ2) is 5.89. The minimum atomic E-state index is -1.01. The summed E-state index contributed by atoms with van der Waals surface area (Å²) in [4.78, 5) is 23.2. The van der Waals surface area contributed by atoms with Gasteiger partial charge >= 0.3 is 5.97 Å². The molecule has 17 heavy (non-hydrogen) atoms. The van der Waals surface area contributed by atoms with Gasteiger partial charge in [-0.15, -0.1) is 0 Å². The molecule has 0 aromatic heterocycles. The number of anilines is 1. The third-order valence-electron chi connectivity index (χ3n) is 2.46. The van der Waals surface area contributed by atoms with E-state index in [0.29, 0.717) is 12.1 Å². The molecule has 0 saturated carbocycles. The van der Waals surface area contributed by atoms with E-state index < -0.39 is 5.97 Å². The number of benzene rings is 1. The van der Waals surface area contributed by atoms with E-state index in [0.717, 1.165) is 5.56 Å². The second-order valence-corrected chi connectivity index (χ2v) is 3.84. The van der Waals surface area contributed by atoms with Gasteiger partial charge in [0, 0.05) is 19.2 Å². The number of carboxylic acids is 1. The standard InChI is InChI=1S/C12H16N2O3/c1-14(8-12(16)17)11(15)7-6-9-4-2-3-5-10(9)13/h2-5H,6-8,13H2,1H3,(H,16,17). The fraction of sp³-hybridized carbons (Fsp3) is 0.333. The van der Waals surface area contributed by atoms with Crippen molar-refractivity contribution in [1.82, 2.24) is 4.90 Å². The fourth-order valence-corrected chi connectivity index (χ4v) is 1.49. The quantitative estimate of drug-likeness (QED) is 0.739. The van der Waals surface area contributed by atoms with Crippen molar-refractivity contribution in [1.29, 1.82) is 0 Å². The summed E-state index contributed by atoms with van der Waals surface area (Å²) in [5.74, 6) is -1.21. The van der Waals surface area contributed by atoms with E-state index in [1.165, 1.54) is 11.9 Å². The third kappa shape index (κ3) is 4.14. The first-order valence-corrected chi connectivity index (χ1v) is 5.30. The van der Waals surface area contributed by atoms with E-state index in [2.05, 4.69) is 0 Å². The number of hydrogen-bond acceptors (Lipinski definition) is 3. The molecule has 0 saturated heterocycles. The maximum Gasteiger partial charge on any atom is 0.323 e. The first-order valence-electron chi connectivity index (χ1n) is 5.30. The van der Waals surface area contributed by atoms with Crippen LogP contribution in [0.15, 0.2) is 24.3 Å². The topological polar surface area (TPSA) is 83.6 Å². The molecule has 0 aliphatic rings. The highest BCUT2D eigenvalue weighted by Gasteiger charge is 2.12. The smallest absolute Gasteiger partial charge is 0.323 e. The molecular formula is C12H16N2O3. The number of aliphatic carboxylic acids is 1. The zero-order valence-corrected chi connectivity index (χ0v) is 9.72. The van der Waals surface area contributed by atoms with E-state index in [1.54, 1.807) is 6.07 Å². The molecule has 0 heterocycles. The Bertz CT molecular complexity index is 418. The number of hydrogen-bond donors (Lipinski definition) is 2. The lowest BCUT2D eigenvalue weighted by atomic mass is 10.1. The minimum Gasteiger partial charge on any atom is -0.480 e. The Hall–Kier alpha value is -2.04. The van der Waals surface area contributed by atoms with Crippen LogP contribution in [-0.2, 0) is 16.0 Å².